The van der Waals surface area contributed by atoms with Crippen molar-refractivity contribution in [3.63, 3.8) is 0 Å². The average molecular weight is 345 g/mol. The van der Waals surface area contributed by atoms with Gasteiger partial charge in [0.2, 0.25) is 0 Å². The minimum absolute atomic E-state index is 0.00759. The lowest BCUT2D eigenvalue weighted by molar-refractivity contribution is -0.140. The van der Waals surface area contributed by atoms with Crippen LogP contribution in [0.4, 0.5) is 0 Å². The van der Waals surface area contributed by atoms with Crippen LogP contribution in [0.25, 0.3) is 11.0 Å². The Morgan fingerprint density at radius 2 is 1.92 bits per heavy atom. The summed E-state index contributed by atoms with van der Waals surface area (Å²) in [6, 6.07) is 2.61. The average Bonchev–Trinajstić information content (AvgIpc) is 2.56. The number of hydrogen-bond acceptors (Lipinski definition) is 5. The van der Waals surface area contributed by atoms with E-state index in [9.17, 15) is 19.8 Å². The molecule has 1 aliphatic carbocycles. The Kier molecular flexibility index (Phi) is 4.81. The first-order valence-electron chi connectivity index (χ1n) is 8.65. The van der Waals surface area contributed by atoms with Crippen LogP contribution in [0, 0.1) is 5.92 Å². The molecule has 3 N–H and O–H groups in total. The van der Waals surface area contributed by atoms with E-state index in [4.69, 9.17) is 4.42 Å². The number of rotatable bonds is 5. The molecule has 0 fully saturated rings. The summed E-state index contributed by atoms with van der Waals surface area (Å²) in [5.74, 6) is -1.07. The van der Waals surface area contributed by atoms with Crippen molar-refractivity contribution >= 4 is 16.9 Å². The molecule has 0 saturated carbocycles. The summed E-state index contributed by atoms with van der Waals surface area (Å²) in [5, 5.41) is 23.3. The maximum absolute atomic E-state index is 12.3. The second kappa shape index (κ2) is 6.88. The van der Waals surface area contributed by atoms with Gasteiger partial charge >= 0.3 is 11.6 Å². The van der Waals surface area contributed by atoms with Crippen molar-refractivity contribution in [2.75, 3.05) is 0 Å². The van der Waals surface area contributed by atoms with E-state index in [-0.39, 0.29) is 23.8 Å². The molecule has 134 valence electrons. The smallest absolute Gasteiger partial charge is 0.339 e. The molecule has 1 atom stereocenters. The number of aliphatic carboxylic acids is 1. The van der Waals surface area contributed by atoms with Gasteiger partial charge in [0.05, 0.1) is 5.56 Å². The maximum atomic E-state index is 12.3. The van der Waals surface area contributed by atoms with Crippen LogP contribution in [0.5, 0.6) is 5.75 Å². The Hall–Kier alpha value is -2.34. The zero-order valence-electron chi connectivity index (χ0n) is 14.5. The van der Waals surface area contributed by atoms with Gasteiger partial charge in [-0.05, 0) is 49.3 Å². The van der Waals surface area contributed by atoms with E-state index in [1.165, 1.54) is 0 Å². The molecule has 0 amide bonds. The SMILES string of the molecule is CC(C)[C@H](NCc1c(O)ccc2c3c(c(=O)oc12)CCCC3)C(=O)O. The highest BCUT2D eigenvalue weighted by Crippen LogP contribution is 2.32. The predicted molar refractivity (Wildman–Crippen MR) is 93.9 cm³/mol. The van der Waals surface area contributed by atoms with E-state index >= 15 is 0 Å². The van der Waals surface area contributed by atoms with Crippen molar-refractivity contribution in [1.29, 1.82) is 0 Å². The molecule has 0 unspecified atom stereocenters. The molecule has 1 heterocycles. The summed E-state index contributed by atoms with van der Waals surface area (Å²) in [4.78, 5) is 23.7. The minimum Gasteiger partial charge on any atom is -0.507 e. The van der Waals surface area contributed by atoms with E-state index in [0.717, 1.165) is 42.2 Å². The highest BCUT2D eigenvalue weighted by Gasteiger charge is 2.24. The molecule has 6 nitrogen and oxygen atoms in total. The molecule has 3 rings (SSSR count). The van der Waals surface area contributed by atoms with Crippen molar-refractivity contribution in [3.8, 4) is 5.75 Å². The molecule has 25 heavy (non-hydrogen) atoms. The standard InChI is InChI=1S/C19H23NO5/c1-10(2)16(18(22)23)20-9-14-15(21)8-7-12-11-5-3-4-6-13(11)19(24)25-17(12)14/h7-8,10,16,20-21H,3-6,9H2,1-2H3,(H,22,23)/t16-/m0/s1. The fourth-order valence-corrected chi connectivity index (χ4v) is 3.54. The van der Waals surface area contributed by atoms with Crippen molar-refractivity contribution in [1.82, 2.24) is 5.32 Å². The van der Waals surface area contributed by atoms with E-state index in [2.05, 4.69) is 5.32 Å². The minimum atomic E-state index is -0.950. The zero-order chi connectivity index (χ0) is 18.1. The predicted octanol–water partition coefficient (Wildman–Crippen LogP) is 2.58. The lowest BCUT2D eigenvalue weighted by atomic mass is 9.90. The topological polar surface area (TPSA) is 99.8 Å². The van der Waals surface area contributed by atoms with Crippen molar-refractivity contribution < 1.29 is 19.4 Å². The van der Waals surface area contributed by atoms with Gasteiger partial charge in [-0.2, -0.15) is 0 Å². The first-order chi connectivity index (χ1) is 11.9. The van der Waals surface area contributed by atoms with Gasteiger partial charge < -0.3 is 14.6 Å². The molecule has 0 bridgehead atoms. The number of phenolic OH excluding ortho intramolecular Hbond substituents is 1. The molecule has 0 saturated heterocycles. The molecular weight excluding hydrogens is 322 g/mol. The summed E-state index contributed by atoms with van der Waals surface area (Å²) < 4.78 is 5.52. The van der Waals surface area contributed by atoms with Gasteiger partial charge in [0.15, 0.2) is 0 Å². The van der Waals surface area contributed by atoms with Gasteiger partial charge in [0.1, 0.15) is 17.4 Å². The first kappa shape index (κ1) is 17.5. The Labute approximate surface area is 145 Å². The Balaban J connectivity index is 2.06. The number of fused-ring (bicyclic) bond motifs is 3. The maximum Gasteiger partial charge on any atom is 0.339 e. The Morgan fingerprint density at radius 3 is 2.56 bits per heavy atom. The number of aromatic hydroxyl groups is 1. The van der Waals surface area contributed by atoms with Gasteiger partial charge in [0.25, 0.3) is 0 Å². The fraction of sp³-hybridized carbons (Fsp3) is 0.474. The summed E-state index contributed by atoms with van der Waals surface area (Å²) in [5.41, 5.74) is 2.15. The van der Waals surface area contributed by atoms with E-state index in [1.54, 1.807) is 12.1 Å². The number of aryl methyl sites for hydroxylation is 1. The molecule has 0 spiro atoms. The van der Waals surface area contributed by atoms with Crippen LogP contribution in [-0.2, 0) is 24.2 Å². The number of nitrogens with one attached hydrogen (secondary N) is 1. The second-order valence-corrected chi connectivity index (χ2v) is 6.93. The quantitative estimate of drug-likeness (QED) is 0.720. The molecule has 1 aromatic heterocycles. The highest BCUT2D eigenvalue weighted by molar-refractivity contribution is 5.86. The summed E-state index contributed by atoms with van der Waals surface area (Å²) >= 11 is 0. The summed E-state index contributed by atoms with van der Waals surface area (Å²) in [7, 11) is 0. The van der Waals surface area contributed by atoms with Crippen molar-refractivity contribution in [3.05, 3.63) is 39.2 Å². The van der Waals surface area contributed by atoms with Crippen LogP contribution in [0.2, 0.25) is 0 Å². The molecular formula is C19H23NO5. The second-order valence-electron chi connectivity index (χ2n) is 6.93. The molecule has 0 radical (unpaired) electrons. The monoisotopic (exact) mass is 345 g/mol. The molecule has 6 heteroatoms. The zero-order valence-corrected chi connectivity index (χ0v) is 14.5. The number of phenols is 1. The van der Waals surface area contributed by atoms with Crippen LogP contribution in [-0.4, -0.2) is 22.2 Å². The third kappa shape index (κ3) is 3.26. The van der Waals surface area contributed by atoms with E-state index < -0.39 is 12.0 Å². The normalized spacial score (nSPS) is 15.3. The van der Waals surface area contributed by atoms with Crippen LogP contribution < -0.4 is 10.9 Å². The van der Waals surface area contributed by atoms with E-state index in [0.29, 0.717) is 11.1 Å². The largest absolute Gasteiger partial charge is 0.507 e. The number of benzene rings is 1. The number of carbonyl (C=O) groups is 1. The van der Waals surface area contributed by atoms with Gasteiger partial charge in [-0.25, -0.2) is 4.79 Å². The summed E-state index contributed by atoms with van der Waals surface area (Å²) in [6.07, 6.45) is 3.54. The molecule has 2 aromatic rings. The molecule has 1 aliphatic rings. The Bertz CT molecular complexity index is 868. The highest BCUT2D eigenvalue weighted by atomic mass is 16.4. The molecule has 1 aromatic carbocycles. The summed E-state index contributed by atoms with van der Waals surface area (Å²) in [6.45, 7) is 3.73. The molecule has 0 aliphatic heterocycles. The van der Waals surface area contributed by atoms with E-state index in [1.807, 2.05) is 13.8 Å². The Morgan fingerprint density at radius 1 is 1.24 bits per heavy atom. The lowest BCUT2D eigenvalue weighted by Crippen LogP contribution is -2.40. The van der Waals surface area contributed by atoms with Gasteiger partial charge in [-0.3, -0.25) is 10.1 Å². The fourth-order valence-electron chi connectivity index (χ4n) is 3.54. The van der Waals surface area contributed by atoms with Crippen molar-refractivity contribution in [2.24, 2.45) is 5.92 Å². The van der Waals surface area contributed by atoms with Gasteiger partial charge in [-0.15, -0.1) is 0 Å². The first-order valence-corrected chi connectivity index (χ1v) is 8.65. The number of hydrogen-bond donors (Lipinski definition) is 3. The van der Waals surface area contributed by atoms with Gasteiger partial charge in [0, 0.05) is 17.5 Å². The number of carboxylic acid groups (broad SMARTS) is 1. The van der Waals surface area contributed by atoms with Crippen LogP contribution in [0.3, 0.4) is 0 Å². The number of carboxylic acids is 1. The van der Waals surface area contributed by atoms with Gasteiger partial charge in [-0.1, -0.05) is 13.8 Å². The van der Waals surface area contributed by atoms with Crippen LogP contribution in [0.15, 0.2) is 21.3 Å². The lowest BCUT2D eigenvalue weighted by Gasteiger charge is -2.20. The van der Waals surface area contributed by atoms with Crippen LogP contribution in [0.1, 0.15) is 43.4 Å². The van der Waals surface area contributed by atoms with Crippen LogP contribution >= 0.6 is 0 Å². The third-order valence-corrected chi connectivity index (χ3v) is 4.90. The van der Waals surface area contributed by atoms with Crippen molar-refractivity contribution in [2.45, 2.75) is 52.1 Å². The third-order valence-electron chi connectivity index (χ3n) is 4.90.